The van der Waals surface area contributed by atoms with Crippen LogP contribution in [-0.4, -0.2) is 33.0 Å². The van der Waals surface area contributed by atoms with Gasteiger partial charge in [-0.15, -0.1) is 0 Å². The van der Waals surface area contributed by atoms with Crippen molar-refractivity contribution in [3.63, 3.8) is 0 Å². The molecule has 0 bridgehead atoms. The van der Waals surface area contributed by atoms with Gasteiger partial charge in [0.15, 0.2) is 5.13 Å². The predicted octanol–water partition coefficient (Wildman–Crippen LogP) is 3.18. The number of rotatable bonds is 9. The number of hydrogen-bond donors (Lipinski definition) is 2. The molecule has 9 heteroatoms. The molecule has 0 atom stereocenters. The highest BCUT2D eigenvalue weighted by molar-refractivity contribution is 7.93. The van der Waals surface area contributed by atoms with E-state index in [-0.39, 0.29) is 15.9 Å². The minimum absolute atomic E-state index is 0.0942. The summed E-state index contributed by atoms with van der Waals surface area (Å²) in [6, 6.07) is 6.03. The van der Waals surface area contributed by atoms with Gasteiger partial charge in [0, 0.05) is 6.54 Å². The van der Waals surface area contributed by atoms with Crippen molar-refractivity contribution < 1.29 is 17.9 Å². The van der Waals surface area contributed by atoms with Crippen LogP contribution in [0.2, 0.25) is 0 Å². The first kappa shape index (κ1) is 20.2. The van der Waals surface area contributed by atoms with Crippen LogP contribution in [0.25, 0.3) is 0 Å². The van der Waals surface area contributed by atoms with Crippen LogP contribution in [0.1, 0.15) is 41.6 Å². The first-order valence-electron chi connectivity index (χ1n) is 8.30. The van der Waals surface area contributed by atoms with E-state index in [1.54, 1.807) is 19.1 Å². The third kappa shape index (κ3) is 5.18. The molecule has 26 heavy (non-hydrogen) atoms. The zero-order valence-corrected chi connectivity index (χ0v) is 16.7. The number of anilines is 1. The van der Waals surface area contributed by atoms with Gasteiger partial charge in [0.2, 0.25) is 0 Å². The van der Waals surface area contributed by atoms with Crippen molar-refractivity contribution in [1.29, 1.82) is 0 Å². The smallest absolute Gasteiger partial charge is 0.263 e. The highest BCUT2D eigenvalue weighted by Crippen LogP contribution is 2.25. The second-order valence-electron chi connectivity index (χ2n) is 5.68. The Labute approximate surface area is 157 Å². The second kappa shape index (κ2) is 9.00. The zero-order chi connectivity index (χ0) is 19.2. The molecular formula is C17H23N3O4S2. The molecular weight excluding hydrogens is 374 g/mol. The number of amides is 1. The Kier molecular flexibility index (Phi) is 6.98. The molecule has 142 valence electrons. The summed E-state index contributed by atoms with van der Waals surface area (Å²) < 4.78 is 32.3. The predicted molar refractivity (Wildman–Crippen MR) is 103 cm³/mol. The second-order valence-corrected chi connectivity index (χ2v) is 8.36. The maximum atomic E-state index is 12.4. The Morgan fingerprint density at radius 2 is 1.92 bits per heavy atom. The highest BCUT2D eigenvalue weighted by Gasteiger charge is 2.20. The highest BCUT2D eigenvalue weighted by atomic mass is 32.2. The number of aromatic nitrogens is 1. The molecule has 0 aliphatic rings. The molecule has 2 aromatic rings. The third-order valence-electron chi connectivity index (χ3n) is 3.66. The summed E-state index contributed by atoms with van der Waals surface area (Å²) in [5.41, 5.74) is 0.496. The van der Waals surface area contributed by atoms with Gasteiger partial charge in [-0.3, -0.25) is 9.52 Å². The molecule has 1 amide bonds. The molecule has 0 unspecified atom stereocenters. The number of methoxy groups -OCH3 is 1. The van der Waals surface area contributed by atoms with Crippen molar-refractivity contribution >= 4 is 32.4 Å². The molecule has 0 aliphatic heterocycles. The molecule has 2 rings (SSSR count). The fourth-order valence-corrected chi connectivity index (χ4v) is 4.35. The molecule has 2 N–H and O–H groups in total. The Bertz CT molecular complexity index is 845. The molecule has 0 saturated carbocycles. The van der Waals surface area contributed by atoms with Gasteiger partial charge >= 0.3 is 0 Å². The maximum Gasteiger partial charge on any atom is 0.263 e. The molecule has 1 aromatic heterocycles. The number of ether oxygens (including phenoxy) is 1. The largest absolute Gasteiger partial charge is 0.497 e. The monoisotopic (exact) mass is 397 g/mol. The Morgan fingerprint density at radius 1 is 1.23 bits per heavy atom. The fraction of sp³-hybridized carbons (Fsp3) is 0.412. The van der Waals surface area contributed by atoms with E-state index in [4.69, 9.17) is 4.74 Å². The van der Waals surface area contributed by atoms with Crippen molar-refractivity contribution in [2.24, 2.45) is 0 Å². The molecule has 0 aliphatic carbocycles. The van der Waals surface area contributed by atoms with Crippen molar-refractivity contribution in [2.45, 2.75) is 38.0 Å². The molecule has 0 radical (unpaired) electrons. The Morgan fingerprint density at radius 3 is 2.54 bits per heavy atom. The van der Waals surface area contributed by atoms with Gasteiger partial charge in [-0.2, -0.15) is 0 Å². The number of nitrogens with zero attached hydrogens (tertiary/aromatic N) is 1. The van der Waals surface area contributed by atoms with Crippen LogP contribution < -0.4 is 14.8 Å². The van der Waals surface area contributed by atoms with Gasteiger partial charge in [-0.1, -0.05) is 31.1 Å². The molecule has 0 spiro atoms. The van der Waals surface area contributed by atoms with Crippen LogP contribution in [0.5, 0.6) is 5.75 Å². The van der Waals surface area contributed by atoms with E-state index in [9.17, 15) is 13.2 Å². The van der Waals surface area contributed by atoms with Crippen molar-refractivity contribution in [3.05, 3.63) is 34.8 Å². The molecule has 0 saturated heterocycles. The molecule has 7 nitrogen and oxygen atoms in total. The van der Waals surface area contributed by atoms with Gasteiger partial charge in [-0.25, -0.2) is 13.4 Å². The lowest BCUT2D eigenvalue weighted by atomic mass is 10.2. The van der Waals surface area contributed by atoms with Gasteiger partial charge in [-0.05, 0) is 37.6 Å². The van der Waals surface area contributed by atoms with E-state index in [1.807, 2.05) is 0 Å². The number of hydrogen-bond acceptors (Lipinski definition) is 6. The number of unbranched alkanes of at least 4 members (excludes halogenated alkanes) is 2. The normalized spacial score (nSPS) is 11.2. The number of nitrogens with one attached hydrogen (secondary N) is 2. The lowest BCUT2D eigenvalue weighted by Gasteiger charge is -2.06. The van der Waals surface area contributed by atoms with Crippen LogP contribution in [0.15, 0.2) is 29.2 Å². The number of thiazole rings is 1. The van der Waals surface area contributed by atoms with Gasteiger partial charge < -0.3 is 10.1 Å². The lowest BCUT2D eigenvalue weighted by molar-refractivity contribution is 0.0956. The lowest BCUT2D eigenvalue weighted by Crippen LogP contribution is -2.24. The van der Waals surface area contributed by atoms with Crippen LogP contribution in [0, 0.1) is 6.92 Å². The quantitative estimate of drug-likeness (QED) is 0.634. The summed E-state index contributed by atoms with van der Waals surface area (Å²) in [4.78, 5) is 16.9. The minimum Gasteiger partial charge on any atom is -0.497 e. The van der Waals surface area contributed by atoms with Crippen molar-refractivity contribution in [1.82, 2.24) is 10.3 Å². The average molecular weight is 398 g/mol. The Hall–Kier alpha value is -2.13. The minimum atomic E-state index is -3.78. The number of aryl methyl sites for hydroxylation is 1. The summed E-state index contributed by atoms with van der Waals surface area (Å²) in [6.45, 7) is 4.37. The number of benzene rings is 1. The standard InChI is InChI=1S/C17H23N3O4S2/c1-4-5-6-11-18-16(21)15-12(2)19-17(25-15)20-26(22,23)14-9-7-13(24-3)8-10-14/h7-10H,4-6,11H2,1-3H3,(H,18,21)(H,19,20). The summed E-state index contributed by atoms with van der Waals surface area (Å²) in [5, 5.41) is 3.00. The summed E-state index contributed by atoms with van der Waals surface area (Å²) in [7, 11) is -2.27. The van der Waals surface area contributed by atoms with E-state index in [1.165, 1.54) is 19.2 Å². The van der Waals surface area contributed by atoms with Crippen LogP contribution >= 0.6 is 11.3 Å². The van der Waals surface area contributed by atoms with Crippen LogP contribution in [0.3, 0.4) is 0 Å². The van der Waals surface area contributed by atoms with Crippen molar-refractivity contribution in [3.8, 4) is 5.75 Å². The zero-order valence-electron chi connectivity index (χ0n) is 15.0. The summed E-state index contributed by atoms with van der Waals surface area (Å²) >= 11 is 1.02. The number of carbonyl (C=O) groups excluding carboxylic acids is 1. The van der Waals surface area contributed by atoms with E-state index < -0.39 is 10.0 Å². The van der Waals surface area contributed by atoms with Gasteiger partial charge in [0.1, 0.15) is 10.6 Å². The van der Waals surface area contributed by atoms with Crippen molar-refractivity contribution in [2.75, 3.05) is 18.4 Å². The van der Waals surface area contributed by atoms with Crippen LogP contribution in [-0.2, 0) is 10.0 Å². The SMILES string of the molecule is CCCCCNC(=O)c1sc(NS(=O)(=O)c2ccc(OC)cc2)nc1C. The molecule has 1 aromatic carbocycles. The summed E-state index contributed by atoms with van der Waals surface area (Å²) in [5.74, 6) is 0.335. The van der Waals surface area contributed by atoms with E-state index in [2.05, 4.69) is 21.9 Å². The maximum absolute atomic E-state index is 12.4. The number of sulfonamides is 1. The summed E-state index contributed by atoms with van der Waals surface area (Å²) in [6.07, 6.45) is 3.04. The third-order valence-corrected chi connectivity index (χ3v) is 6.22. The number of carbonyl (C=O) groups is 1. The van der Waals surface area contributed by atoms with E-state index in [0.29, 0.717) is 22.9 Å². The first-order chi connectivity index (χ1) is 12.4. The average Bonchev–Trinajstić information content (AvgIpc) is 2.98. The van der Waals surface area contributed by atoms with E-state index >= 15 is 0 Å². The van der Waals surface area contributed by atoms with E-state index in [0.717, 1.165) is 30.6 Å². The van der Waals surface area contributed by atoms with Crippen LogP contribution in [0.4, 0.5) is 5.13 Å². The topological polar surface area (TPSA) is 97.4 Å². The Balaban J connectivity index is 2.08. The first-order valence-corrected chi connectivity index (χ1v) is 10.6. The molecule has 0 fully saturated rings. The van der Waals surface area contributed by atoms with Gasteiger partial charge in [0.25, 0.3) is 15.9 Å². The van der Waals surface area contributed by atoms with Gasteiger partial charge in [0.05, 0.1) is 17.7 Å². The fourth-order valence-electron chi connectivity index (χ4n) is 2.24. The molecule has 1 heterocycles.